The number of benzene rings is 1. The second-order valence-electron chi connectivity index (χ2n) is 5.62. The van der Waals surface area contributed by atoms with Crippen molar-refractivity contribution in [3.05, 3.63) is 42.1 Å². The van der Waals surface area contributed by atoms with Crippen molar-refractivity contribution in [2.24, 2.45) is 5.92 Å². The standard InChI is InChI=1S/C17H22N2O3/c20-16(21)12-14-6-8-15(9-7-14)19-17(22)18-11-10-13-4-2-1-3-5-13/h6-11,13H,1-5,12H2,(H,20,21)(H2,18,19,22)/b11-10+. The minimum atomic E-state index is -0.869. The molecule has 3 N–H and O–H groups in total. The van der Waals surface area contributed by atoms with E-state index in [9.17, 15) is 9.59 Å². The van der Waals surface area contributed by atoms with Crippen molar-refractivity contribution < 1.29 is 14.7 Å². The first-order valence-corrected chi connectivity index (χ1v) is 7.68. The van der Waals surface area contributed by atoms with Gasteiger partial charge in [0.25, 0.3) is 0 Å². The van der Waals surface area contributed by atoms with Crippen LogP contribution in [0, 0.1) is 5.92 Å². The number of allylic oxidation sites excluding steroid dienone is 1. The number of nitrogens with one attached hydrogen (secondary N) is 2. The van der Waals surface area contributed by atoms with Crippen LogP contribution in [0.2, 0.25) is 0 Å². The highest BCUT2D eigenvalue weighted by Gasteiger charge is 2.09. The fourth-order valence-electron chi connectivity index (χ4n) is 2.63. The van der Waals surface area contributed by atoms with E-state index in [-0.39, 0.29) is 12.5 Å². The molecular formula is C17H22N2O3. The summed E-state index contributed by atoms with van der Waals surface area (Å²) in [7, 11) is 0. The molecule has 1 saturated carbocycles. The molecule has 0 aliphatic heterocycles. The fraction of sp³-hybridized carbons (Fsp3) is 0.412. The first-order valence-electron chi connectivity index (χ1n) is 7.68. The van der Waals surface area contributed by atoms with Gasteiger partial charge in [0.2, 0.25) is 0 Å². The molecule has 0 unspecified atom stereocenters. The summed E-state index contributed by atoms with van der Waals surface area (Å²) >= 11 is 0. The zero-order valence-corrected chi connectivity index (χ0v) is 12.5. The molecule has 1 aromatic carbocycles. The van der Waals surface area contributed by atoms with E-state index in [0.29, 0.717) is 17.2 Å². The van der Waals surface area contributed by atoms with Crippen LogP contribution in [-0.2, 0) is 11.2 Å². The number of hydrogen-bond acceptors (Lipinski definition) is 2. The van der Waals surface area contributed by atoms with Crippen molar-refractivity contribution in [1.82, 2.24) is 5.32 Å². The topological polar surface area (TPSA) is 78.4 Å². The fourth-order valence-corrected chi connectivity index (χ4v) is 2.63. The van der Waals surface area contributed by atoms with Gasteiger partial charge in [-0.15, -0.1) is 0 Å². The molecule has 1 aromatic rings. The molecule has 0 saturated heterocycles. The number of carboxylic acid groups (broad SMARTS) is 1. The molecule has 0 aromatic heterocycles. The maximum atomic E-state index is 11.7. The molecule has 5 nitrogen and oxygen atoms in total. The van der Waals surface area contributed by atoms with Gasteiger partial charge < -0.3 is 15.7 Å². The van der Waals surface area contributed by atoms with Crippen molar-refractivity contribution in [2.45, 2.75) is 38.5 Å². The molecule has 0 spiro atoms. The summed E-state index contributed by atoms with van der Waals surface area (Å²) in [5.41, 5.74) is 1.34. The minimum Gasteiger partial charge on any atom is -0.481 e. The van der Waals surface area contributed by atoms with Crippen molar-refractivity contribution in [3.63, 3.8) is 0 Å². The van der Waals surface area contributed by atoms with E-state index >= 15 is 0 Å². The maximum Gasteiger partial charge on any atom is 0.323 e. The van der Waals surface area contributed by atoms with E-state index in [4.69, 9.17) is 5.11 Å². The lowest BCUT2D eigenvalue weighted by Crippen LogP contribution is -2.24. The smallest absolute Gasteiger partial charge is 0.323 e. The highest BCUT2D eigenvalue weighted by Crippen LogP contribution is 2.24. The van der Waals surface area contributed by atoms with Gasteiger partial charge in [0.1, 0.15) is 0 Å². The number of urea groups is 1. The number of carbonyl (C=O) groups excluding carboxylic acids is 1. The summed E-state index contributed by atoms with van der Waals surface area (Å²) in [6, 6.07) is 6.49. The third kappa shape index (κ3) is 5.60. The van der Waals surface area contributed by atoms with Gasteiger partial charge in [0.05, 0.1) is 6.42 Å². The first-order chi connectivity index (χ1) is 10.6. The Hall–Kier alpha value is -2.30. The van der Waals surface area contributed by atoms with Crippen LogP contribution in [0.15, 0.2) is 36.5 Å². The van der Waals surface area contributed by atoms with E-state index < -0.39 is 5.97 Å². The Morgan fingerprint density at radius 1 is 1.14 bits per heavy atom. The molecule has 1 fully saturated rings. The molecular weight excluding hydrogens is 280 g/mol. The Balaban J connectivity index is 1.76. The monoisotopic (exact) mass is 302 g/mol. The molecule has 22 heavy (non-hydrogen) atoms. The van der Waals surface area contributed by atoms with Crippen LogP contribution < -0.4 is 10.6 Å². The highest BCUT2D eigenvalue weighted by molar-refractivity contribution is 5.89. The number of rotatable bonds is 5. The number of carbonyl (C=O) groups is 2. The van der Waals surface area contributed by atoms with E-state index in [1.165, 1.54) is 32.1 Å². The summed E-state index contributed by atoms with van der Waals surface area (Å²) in [4.78, 5) is 22.3. The van der Waals surface area contributed by atoms with Crippen LogP contribution in [0.25, 0.3) is 0 Å². The second kappa shape index (κ2) is 8.22. The van der Waals surface area contributed by atoms with Crippen molar-refractivity contribution >= 4 is 17.7 Å². The van der Waals surface area contributed by atoms with Gasteiger partial charge in [-0.25, -0.2) is 4.79 Å². The molecule has 0 heterocycles. The number of amides is 2. The lowest BCUT2D eigenvalue weighted by molar-refractivity contribution is -0.136. The van der Waals surface area contributed by atoms with E-state index in [0.717, 1.165) is 0 Å². The summed E-state index contributed by atoms with van der Waals surface area (Å²) in [5.74, 6) is -0.296. The van der Waals surface area contributed by atoms with Crippen LogP contribution in [0.5, 0.6) is 0 Å². The Kier molecular flexibility index (Phi) is 6.01. The maximum absolute atomic E-state index is 11.7. The average Bonchev–Trinajstić information content (AvgIpc) is 2.50. The molecule has 1 aliphatic carbocycles. The van der Waals surface area contributed by atoms with E-state index in [1.54, 1.807) is 30.5 Å². The Labute approximate surface area is 130 Å². The Morgan fingerprint density at radius 3 is 2.45 bits per heavy atom. The second-order valence-corrected chi connectivity index (χ2v) is 5.62. The molecule has 5 heteroatoms. The molecule has 2 rings (SSSR count). The Bertz CT molecular complexity index is 531. The van der Waals surface area contributed by atoms with Crippen molar-refractivity contribution in [3.8, 4) is 0 Å². The van der Waals surface area contributed by atoms with E-state index in [2.05, 4.69) is 16.7 Å². The third-order valence-electron chi connectivity index (χ3n) is 3.80. The highest BCUT2D eigenvalue weighted by atomic mass is 16.4. The lowest BCUT2D eigenvalue weighted by Gasteiger charge is -2.17. The predicted octanol–water partition coefficient (Wildman–Crippen LogP) is 3.53. The molecule has 1 aliphatic rings. The summed E-state index contributed by atoms with van der Waals surface area (Å²) in [5, 5.41) is 14.1. The van der Waals surface area contributed by atoms with Crippen LogP contribution in [0.3, 0.4) is 0 Å². The summed E-state index contributed by atoms with van der Waals surface area (Å²) in [6.45, 7) is 0. The van der Waals surface area contributed by atoms with Crippen LogP contribution >= 0.6 is 0 Å². The van der Waals surface area contributed by atoms with Gasteiger partial charge in [-0.3, -0.25) is 4.79 Å². The summed E-state index contributed by atoms with van der Waals surface area (Å²) < 4.78 is 0. The zero-order valence-electron chi connectivity index (χ0n) is 12.5. The van der Waals surface area contributed by atoms with Gasteiger partial charge in [-0.1, -0.05) is 37.5 Å². The lowest BCUT2D eigenvalue weighted by atomic mass is 9.89. The van der Waals surface area contributed by atoms with Crippen molar-refractivity contribution in [2.75, 3.05) is 5.32 Å². The minimum absolute atomic E-state index is 0.0173. The summed E-state index contributed by atoms with van der Waals surface area (Å²) in [6.07, 6.45) is 10.0. The number of aliphatic carboxylic acids is 1. The van der Waals surface area contributed by atoms with Gasteiger partial charge in [-0.05, 0) is 36.5 Å². The number of hydrogen-bond donors (Lipinski definition) is 3. The average molecular weight is 302 g/mol. The molecule has 0 radical (unpaired) electrons. The zero-order chi connectivity index (χ0) is 15.8. The van der Waals surface area contributed by atoms with Crippen LogP contribution in [-0.4, -0.2) is 17.1 Å². The molecule has 2 amide bonds. The number of carboxylic acids is 1. The third-order valence-corrected chi connectivity index (χ3v) is 3.80. The van der Waals surface area contributed by atoms with Gasteiger partial charge in [0.15, 0.2) is 0 Å². The molecule has 0 bridgehead atoms. The predicted molar refractivity (Wildman–Crippen MR) is 85.7 cm³/mol. The number of anilines is 1. The van der Waals surface area contributed by atoms with Crippen molar-refractivity contribution in [1.29, 1.82) is 0 Å². The quantitative estimate of drug-likeness (QED) is 0.778. The van der Waals surface area contributed by atoms with Crippen LogP contribution in [0.1, 0.15) is 37.7 Å². The Morgan fingerprint density at radius 2 is 1.82 bits per heavy atom. The van der Waals surface area contributed by atoms with Gasteiger partial charge >= 0.3 is 12.0 Å². The SMILES string of the molecule is O=C(O)Cc1ccc(NC(=O)N/C=C/C2CCCCC2)cc1. The normalized spacial score (nSPS) is 15.6. The van der Waals surface area contributed by atoms with Gasteiger partial charge in [0, 0.05) is 11.9 Å². The molecule has 118 valence electrons. The van der Waals surface area contributed by atoms with Crippen LogP contribution in [0.4, 0.5) is 10.5 Å². The first kappa shape index (κ1) is 16.1. The van der Waals surface area contributed by atoms with E-state index in [1.807, 2.05) is 0 Å². The largest absolute Gasteiger partial charge is 0.481 e. The molecule has 0 atom stereocenters. The van der Waals surface area contributed by atoms with Gasteiger partial charge in [-0.2, -0.15) is 0 Å².